The zero-order valence-corrected chi connectivity index (χ0v) is 17.3. The van der Waals surface area contributed by atoms with Gasteiger partial charge < -0.3 is 0 Å². The second-order valence-corrected chi connectivity index (χ2v) is 7.17. The minimum absolute atomic E-state index is 0.0643. The molecule has 0 spiro atoms. The number of fused-ring (bicyclic) bond motifs is 1. The molecule has 2 aromatic heterocycles. The van der Waals surface area contributed by atoms with E-state index in [0.29, 0.717) is 16.8 Å². The average molecular weight is 434 g/mol. The molecule has 5 aromatic rings. The standard InChI is InChI=1S/C25H18N6O2/c32-22(18-10-3-1-4-11-18)27-24-29-25(31(30-24)19-12-5-2-6-13-19)28-23(33)21-16-15-17-9-7-8-14-20(17)26-21/h1-16H,(H2,27,28,29,30,32,33). The molecule has 0 atom stereocenters. The van der Waals surface area contributed by atoms with Gasteiger partial charge in [-0.05, 0) is 36.4 Å². The number of hydrogen-bond donors (Lipinski definition) is 2. The Balaban J connectivity index is 1.46. The summed E-state index contributed by atoms with van der Waals surface area (Å²) in [5, 5.41) is 10.8. The summed E-state index contributed by atoms with van der Waals surface area (Å²) in [6, 6.07) is 29.0. The van der Waals surface area contributed by atoms with Gasteiger partial charge in [-0.2, -0.15) is 9.67 Å². The zero-order chi connectivity index (χ0) is 22.6. The number of carbonyl (C=O) groups excluding carboxylic acids is 2. The van der Waals surface area contributed by atoms with E-state index in [9.17, 15) is 9.59 Å². The van der Waals surface area contributed by atoms with Crippen LogP contribution in [-0.4, -0.2) is 31.6 Å². The van der Waals surface area contributed by atoms with Crippen molar-refractivity contribution in [1.29, 1.82) is 0 Å². The van der Waals surface area contributed by atoms with E-state index in [4.69, 9.17) is 0 Å². The van der Waals surface area contributed by atoms with Gasteiger partial charge >= 0.3 is 0 Å². The highest BCUT2D eigenvalue weighted by molar-refractivity contribution is 6.04. The quantitative estimate of drug-likeness (QED) is 0.429. The number of aromatic nitrogens is 4. The predicted octanol–water partition coefficient (Wildman–Crippen LogP) is 4.32. The Morgan fingerprint density at radius 3 is 2.15 bits per heavy atom. The van der Waals surface area contributed by atoms with Crippen LogP contribution >= 0.6 is 0 Å². The van der Waals surface area contributed by atoms with Gasteiger partial charge in [-0.15, -0.1) is 5.10 Å². The van der Waals surface area contributed by atoms with Crippen molar-refractivity contribution in [2.45, 2.75) is 0 Å². The molecule has 2 heterocycles. The van der Waals surface area contributed by atoms with Crippen molar-refractivity contribution in [2.75, 3.05) is 10.6 Å². The van der Waals surface area contributed by atoms with Crippen LogP contribution in [0.25, 0.3) is 16.6 Å². The van der Waals surface area contributed by atoms with Gasteiger partial charge in [0.2, 0.25) is 5.95 Å². The Bertz CT molecular complexity index is 1450. The van der Waals surface area contributed by atoms with Crippen molar-refractivity contribution in [1.82, 2.24) is 19.7 Å². The van der Waals surface area contributed by atoms with Gasteiger partial charge in [0, 0.05) is 10.9 Å². The van der Waals surface area contributed by atoms with Gasteiger partial charge in [0.15, 0.2) is 0 Å². The summed E-state index contributed by atoms with van der Waals surface area (Å²) in [7, 11) is 0. The van der Waals surface area contributed by atoms with Crippen molar-refractivity contribution >= 4 is 34.6 Å². The summed E-state index contributed by atoms with van der Waals surface area (Å²) < 4.78 is 1.46. The molecule has 3 aromatic carbocycles. The number of nitrogens with one attached hydrogen (secondary N) is 2. The predicted molar refractivity (Wildman–Crippen MR) is 125 cm³/mol. The molecular formula is C25H18N6O2. The van der Waals surface area contributed by atoms with Gasteiger partial charge in [0.05, 0.1) is 11.2 Å². The third-order valence-electron chi connectivity index (χ3n) is 4.93. The van der Waals surface area contributed by atoms with Crippen molar-refractivity contribution < 1.29 is 9.59 Å². The number of para-hydroxylation sites is 2. The SMILES string of the molecule is O=C(Nc1nc(NC(=O)c2ccc3ccccc3n2)n(-c2ccccc2)n1)c1ccccc1. The lowest BCUT2D eigenvalue weighted by atomic mass is 10.2. The molecule has 160 valence electrons. The molecule has 0 radical (unpaired) electrons. The summed E-state index contributed by atoms with van der Waals surface area (Å²) >= 11 is 0. The summed E-state index contributed by atoms with van der Waals surface area (Å²) in [5.74, 6) is -0.569. The van der Waals surface area contributed by atoms with E-state index in [2.05, 4.69) is 25.7 Å². The molecule has 0 fully saturated rings. The maximum absolute atomic E-state index is 13.0. The van der Waals surface area contributed by atoms with Crippen molar-refractivity contribution in [2.24, 2.45) is 0 Å². The van der Waals surface area contributed by atoms with E-state index in [-0.39, 0.29) is 23.5 Å². The van der Waals surface area contributed by atoms with Gasteiger partial charge in [0.1, 0.15) is 5.69 Å². The minimum atomic E-state index is -0.439. The van der Waals surface area contributed by atoms with Crippen LogP contribution in [0.2, 0.25) is 0 Å². The van der Waals surface area contributed by atoms with Gasteiger partial charge in [-0.1, -0.05) is 60.7 Å². The van der Waals surface area contributed by atoms with Crippen molar-refractivity contribution in [3.8, 4) is 5.69 Å². The molecule has 0 saturated heterocycles. The Morgan fingerprint density at radius 2 is 1.36 bits per heavy atom. The molecule has 0 aliphatic carbocycles. The molecule has 2 N–H and O–H groups in total. The van der Waals surface area contributed by atoms with Crippen LogP contribution in [0.15, 0.2) is 97.1 Å². The number of benzene rings is 3. The van der Waals surface area contributed by atoms with Crippen LogP contribution in [0.5, 0.6) is 0 Å². The van der Waals surface area contributed by atoms with Gasteiger partial charge in [-0.25, -0.2) is 4.98 Å². The summed E-state index contributed by atoms with van der Waals surface area (Å²) in [5.41, 5.74) is 2.10. The molecule has 2 amide bonds. The van der Waals surface area contributed by atoms with Crippen LogP contribution in [0, 0.1) is 0 Å². The first kappa shape index (κ1) is 20.1. The minimum Gasteiger partial charge on any atom is -0.289 e. The molecule has 33 heavy (non-hydrogen) atoms. The molecule has 8 nitrogen and oxygen atoms in total. The topological polar surface area (TPSA) is 102 Å². The van der Waals surface area contributed by atoms with Crippen LogP contribution < -0.4 is 10.6 Å². The van der Waals surface area contributed by atoms with Crippen LogP contribution in [-0.2, 0) is 0 Å². The zero-order valence-electron chi connectivity index (χ0n) is 17.3. The number of pyridine rings is 1. The lowest BCUT2D eigenvalue weighted by Crippen LogP contribution is -2.17. The van der Waals surface area contributed by atoms with Gasteiger partial charge in [-0.3, -0.25) is 20.2 Å². The van der Waals surface area contributed by atoms with Crippen LogP contribution in [0.1, 0.15) is 20.8 Å². The Hall–Kier alpha value is -4.85. The number of nitrogens with zero attached hydrogens (tertiary/aromatic N) is 4. The molecular weight excluding hydrogens is 416 g/mol. The highest BCUT2D eigenvalue weighted by Gasteiger charge is 2.18. The van der Waals surface area contributed by atoms with E-state index < -0.39 is 5.91 Å². The first-order valence-corrected chi connectivity index (χ1v) is 10.2. The Labute approximate surface area is 188 Å². The number of hydrogen-bond acceptors (Lipinski definition) is 5. The Kier molecular flexibility index (Phi) is 5.30. The van der Waals surface area contributed by atoms with Crippen molar-refractivity contribution in [3.05, 3.63) is 108 Å². The number of rotatable bonds is 5. The first-order chi connectivity index (χ1) is 16.2. The Morgan fingerprint density at radius 1 is 0.667 bits per heavy atom. The molecule has 0 unspecified atom stereocenters. The third kappa shape index (κ3) is 4.31. The smallest absolute Gasteiger partial charge is 0.276 e. The second-order valence-electron chi connectivity index (χ2n) is 7.17. The molecule has 5 rings (SSSR count). The van der Waals surface area contributed by atoms with E-state index >= 15 is 0 Å². The van der Waals surface area contributed by atoms with E-state index in [1.54, 1.807) is 30.3 Å². The first-order valence-electron chi connectivity index (χ1n) is 10.2. The largest absolute Gasteiger partial charge is 0.289 e. The lowest BCUT2D eigenvalue weighted by molar-refractivity contribution is 0.101. The molecule has 0 saturated carbocycles. The monoisotopic (exact) mass is 434 g/mol. The fraction of sp³-hybridized carbons (Fsp3) is 0. The molecule has 0 aliphatic rings. The molecule has 0 bridgehead atoms. The second kappa shape index (κ2) is 8.72. The summed E-state index contributed by atoms with van der Waals surface area (Å²) in [4.78, 5) is 34.3. The fourth-order valence-electron chi connectivity index (χ4n) is 3.32. The van der Waals surface area contributed by atoms with E-state index in [0.717, 1.165) is 5.39 Å². The average Bonchev–Trinajstić information content (AvgIpc) is 3.26. The maximum Gasteiger partial charge on any atom is 0.276 e. The maximum atomic E-state index is 13.0. The number of anilines is 2. The number of carbonyl (C=O) groups is 2. The van der Waals surface area contributed by atoms with Crippen LogP contribution in [0.3, 0.4) is 0 Å². The highest BCUT2D eigenvalue weighted by Crippen LogP contribution is 2.18. The number of amides is 2. The van der Waals surface area contributed by atoms with E-state index in [1.807, 2.05) is 66.7 Å². The van der Waals surface area contributed by atoms with E-state index in [1.165, 1.54) is 4.68 Å². The van der Waals surface area contributed by atoms with Crippen LogP contribution in [0.4, 0.5) is 11.9 Å². The molecule has 0 aliphatic heterocycles. The third-order valence-corrected chi connectivity index (χ3v) is 4.93. The highest BCUT2D eigenvalue weighted by atomic mass is 16.2. The summed E-state index contributed by atoms with van der Waals surface area (Å²) in [6.07, 6.45) is 0. The van der Waals surface area contributed by atoms with Gasteiger partial charge in [0.25, 0.3) is 17.8 Å². The normalized spacial score (nSPS) is 10.7. The molecule has 8 heteroatoms. The summed E-state index contributed by atoms with van der Waals surface area (Å²) in [6.45, 7) is 0. The fourth-order valence-corrected chi connectivity index (χ4v) is 3.32. The van der Waals surface area contributed by atoms with Crippen molar-refractivity contribution in [3.63, 3.8) is 0 Å². The lowest BCUT2D eigenvalue weighted by Gasteiger charge is -2.07.